The number of nitrogens with zero attached hydrogens (tertiary/aromatic N) is 2. The quantitative estimate of drug-likeness (QED) is 0.833. The summed E-state index contributed by atoms with van der Waals surface area (Å²) >= 11 is 0. The Kier molecular flexibility index (Phi) is 2.40. The maximum absolute atomic E-state index is 4.46. The molecule has 0 amide bonds. The van der Waals surface area contributed by atoms with Gasteiger partial charge in [-0.2, -0.15) is 0 Å². The van der Waals surface area contributed by atoms with Gasteiger partial charge in [0, 0.05) is 12.1 Å². The SMILES string of the molecule is CNC1CCC(n2cnc3ccccc32)C1. The molecule has 2 aromatic rings. The lowest BCUT2D eigenvalue weighted by molar-refractivity contribution is 0.502. The highest BCUT2D eigenvalue weighted by Crippen LogP contribution is 2.32. The van der Waals surface area contributed by atoms with Gasteiger partial charge in [-0.15, -0.1) is 0 Å². The van der Waals surface area contributed by atoms with Crippen LogP contribution < -0.4 is 5.32 Å². The second-order valence-corrected chi connectivity index (χ2v) is 4.59. The Morgan fingerprint density at radius 3 is 3.00 bits per heavy atom. The van der Waals surface area contributed by atoms with Crippen molar-refractivity contribution >= 4 is 11.0 Å². The molecule has 0 bridgehead atoms. The number of benzene rings is 1. The number of hydrogen-bond acceptors (Lipinski definition) is 2. The van der Waals surface area contributed by atoms with Crippen LogP contribution in [0.5, 0.6) is 0 Å². The van der Waals surface area contributed by atoms with Gasteiger partial charge in [-0.3, -0.25) is 0 Å². The fourth-order valence-corrected chi connectivity index (χ4v) is 2.74. The molecular weight excluding hydrogens is 198 g/mol. The summed E-state index contributed by atoms with van der Waals surface area (Å²) in [7, 11) is 2.05. The standard InChI is InChI=1S/C13H17N3/c1-14-10-6-7-11(8-10)16-9-15-12-4-2-3-5-13(12)16/h2-5,9-11,14H,6-8H2,1H3. The van der Waals surface area contributed by atoms with Gasteiger partial charge in [-0.05, 0) is 38.4 Å². The number of rotatable bonds is 2. The largest absolute Gasteiger partial charge is 0.327 e. The molecule has 1 aliphatic carbocycles. The summed E-state index contributed by atoms with van der Waals surface area (Å²) in [5.74, 6) is 0. The van der Waals surface area contributed by atoms with Gasteiger partial charge in [-0.1, -0.05) is 12.1 Å². The van der Waals surface area contributed by atoms with Crippen molar-refractivity contribution in [1.29, 1.82) is 0 Å². The van der Waals surface area contributed by atoms with Crippen LogP contribution >= 0.6 is 0 Å². The molecule has 2 atom stereocenters. The molecule has 0 radical (unpaired) electrons. The predicted molar refractivity (Wildman–Crippen MR) is 65.5 cm³/mol. The van der Waals surface area contributed by atoms with E-state index >= 15 is 0 Å². The van der Waals surface area contributed by atoms with Crippen molar-refractivity contribution < 1.29 is 0 Å². The van der Waals surface area contributed by atoms with Gasteiger partial charge in [0.05, 0.1) is 17.4 Å². The summed E-state index contributed by atoms with van der Waals surface area (Å²) in [5.41, 5.74) is 2.37. The maximum Gasteiger partial charge on any atom is 0.0960 e. The minimum Gasteiger partial charge on any atom is -0.327 e. The average Bonchev–Trinajstić information content (AvgIpc) is 2.94. The Balaban J connectivity index is 1.95. The molecule has 1 aliphatic rings. The van der Waals surface area contributed by atoms with Crippen molar-refractivity contribution in [3.63, 3.8) is 0 Å². The molecule has 84 valence electrons. The molecule has 1 aromatic heterocycles. The molecule has 2 unspecified atom stereocenters. The number of fused-ring (bicyclic) bond motifs is 1. The number of nitrogens with one attached hydrogen (secondary N) is 1. The third-order valence-corrected chi connectivity index (χ3v) is 3.69. The fraction of sp³-hybridized carbons (Fsp3) is 0.462. The molecule has 1 saturated carbocycles. The lowest BCUT2D eigenvalue weighted by Crippen LogP contribution is -2.21. The van der Waals surface area contributed by atoms with Crippen LogP contribution in [0.2, 0.25) is 0 Å². The smallest absolute Gasteiger partial charge is 0.0960 e. The third-order valence-electron chi connectivity index (χ3n) is 3.69. The van der Waals surface area contributed by atoms with E-state index in [1.165, 1.54) is 24.8 Å². The van der Waals surface area contributed by atoms with Crippen molar-refractivity contribution in [2.75, 3.05) is 7.05 Å². The summed E-state index contributed by atoms with van der Waals surface area (Å²) in [6.45, 7) is 0. The Morgan fingerprint density at radius 1 is 1.31 bits per heavy atom. The Morgan fingerprint density at radius 2 is 2.19 bits per heavy atom. The van der Waals surface area contributed by atoms with Crippen LogP contribution in [-0.2, 0) is 0 Å². The van der Waals surface area contributed by atoms with Crippen molar-refractivity contribution in [3.05, 3.63) is 30.6 Å². The third kappa shape index (κ3) is 1.52. The van der Waals surface area contributed by atoms with Crippen LogP contribution in [-0.4, -0.2) is 22.6 Å². The van der Waals surface area contributed by atoms with Crippen LogP contribution in [0.3, 0.4) is 0 Å². The number of aromatic nitrogens is 2. The maximum atomic E-state index is 4.46. The summed E-state index contributed by atoms with van der Waals surface area (Å²) in [6.07, 6.45) is 5.74. The van der Waals surface area contributed by atoms with Gasteiger partial charge in [0.1, 0.15) is 0 Å². The highest BCUT2D eigenvalue weighted by atomic mass is 15.1. The molecule has 1 heterocycles. The topological polar surface area (TPSA) is 29.9 Å². The van der Waals surface area contributed by atoms with E-state index in [-0.39, 0.29) is 0 Å². The van der Waals surface area contributed by atoms with Gasteiger partial charge >= 0.3 is 0 Å². The molecule has 16 heavy (non-hydrogen) atoms. The number of imidazole rings is 1. The Labute approximate surface area is 95.5 Å². The molecule has 1 aromatic carbocycles. The molecule has 3 nitrogen and oxygen atoms in total. The predicted octanol–water partition coefficient (Wildman–Crippen LogP) is 2.35. The molecule has 3 rings (SSSR count). The first-order chi connectivity index (χ1) is 7.88. The van der Waals surface area contributed by atoms with Crippen molar-refractivity contribution in [1.82, 2.24) is 14.9 Å². The summed E-state index contributed by atoms with van der Waals surface area (Å²) in [4.78, 5) is 4.46. The zero-order chi connectivity index (χ0) is 11.0. The van der Waals surface area contributed by atoms with Crippen molar-refractivity contribution in [2.45, 2.75) is 31.3 Å². The number of hydrogen-bond donors (Lipinski definition) is 1. The van der Waals surface area contributed by atoms with Gasteiger partial charge in [-0.25, -0.2) is 4.98 Å². The normalized spacial score (nSPS) is 25.3. The molecule has 1 fully saturated rings. The van der Waals surface area contributed by atoms with Crippen molar-refractivity contribution in [3.8, 4) is 0 Å². The minimum atomic E-state index is 0.616. The monoisotopic (exact) mass is 215 g/mol. The first-order valence-electron chi connectivity index (χ1n) is 5.97. The Hall–Kier alpha value is -1.35. The fourth-order valence-electron chi connectivity index (χ4n) is 2.74. The van der Waals surface area contributed by atoms with E-state index in [1.807, 2.05) is 12.4 Å². The Bertz CT molecular complexity index is 489. The number of para-hydroxylation sites is 2. The molecule has 1 N–H and O–H groups in total. The summed E-state index contributed by atoms with van der Waals surface area (Å²) < 4.78 is 2.34. The van der Waals surface area contributed by atoms with Crippen LogP contribution in [0.4, 0.5) is 0 Å². The zero-order valence-corrected chi connectivity index (χ0v) is 9.56. The van der Waals surface area contributed by atoms with Gasteiger partial charge in [0.2, 0.25) is 0 Å². The van der Waals surface area contributed by atoms with E-state index in [0.717, 1.165) is 5.52 Å². The van der Waals surface area contributed by atoms with E-state index in [2.05, 4.69) is 40.1 Å². The molecule has 3 heteroatoms. The second-order valence-electron chi connectivity index (χ2n) is 4.59. The van der Waals surface area contributed by atoms with E-state index < -0.39 is 0 Å². The highest BCUT2D eigenvalue weighted by molar-refractivity contribution is 5.75. The van der Waals surface area contributed by atoms with E-state index in [0.29, 0.717) is 12.1 Å². The first-order valence-corrected chi connectivity index (χ1v) is 5.97. The minimum absolute atomic E-state index is 0.616. The lowest BCUT2D eigenvalue weighted by atomic mass is 10.2. The van der Waals surface area contributed by atoms with E-state index in [4.69, 9.17) is 0 Å². The van der Waals surface area contributed by atoms with E-state index in [1.54, 1.807) is 0 Å². The summed E-state index contributed by atoms with van der Waals surface area (Å²) in [6, 6.07) is 9.66. The van der Waals surface area contributed by atoms with Gasteiger partial charge < -0.3 is 9.88 Å². The molecule has 0 spiro atoms. The molecular formula is C13H17N3. The zero-order valence-electron chi connectivity index (χ0n) is 9.56. The average molecular weight is 215 g/mol. The molecule has 0 saturated heterocycles. The van der Waals surface area contributed by atoms with Crippen LogP contribution in [0, 0.1) is 0 Å². The second kappa shape index (κ2) is 3.91. The van der Waals surface area contributed by atoms with Crippen LogP contribution in [0.15, 0.2) is 30.6 Å². The van der Waals surface area contributed by atoms with Gasteiger partial charge in [0.25, 0.3) is 0 Å². The van der Waals surface area contributed by atoms with Gasteiger partial charge in [0.15, 0.2) is 0 Å². The highest BCUT2D eigenvalue weighted by Gasteiger charge is 2.25. The summed E-state index contributed by atoms with van der Waals surface area (Å²) in [5, 5.41) is 3.37. The first kappa shape index (κ1) is 9.85. The lowest BCUT2D eigenvalue weighted by Gasteiger charge is -2.13. The van der Waals surface area contributed by atoms with E-state index in [9.17, 15) is 0 Å². The van der Waals surface area contributed by atoms with Crippen LogP contribution in [0.25, 0.3) is 11.0 Å². The van der Waals surface area contributed by atoms with Crippen LogP contribution in [0.1, 0.15) is 25.3 Å². The van der Waals surface area contributed by atoms with Crippen molar-refractivity contribution in [2.24, 2.45) is 0 Å². The molecule has 0 aliphatic heterocycles.